The van der Waals surface area contributed by atoms with E-state index >= 15 is 0 Å². The predicted octanol–water partition coefficient (Wildman–Crippen LogP) is 0.342. The predicted molar refractivity (Wildman–Crippen MR) is 61.6 cm³/mol. The molecule has 0 bridgehead atoms. The average Bonchev–Trinajstić information content (AvgIpc) is 2.81. The molecular formula is C12H21NO5. The maximum atomic E-state index is 6.19. The van der Waals surface area contributed by atoms with Gasteiger partial charge in [0.05, 0.1) is 12.6 Å². The summed E-state index contributed by atoms with van der Waals surface area (Å²) in [4.78, 5) is 0. The van der Waals surface area contributed by atoms with Crippen LogP contribution in [0.1, 0.15) is 27.7 Å². The zero-order chi connectivity index (χ0) is 13.1. The highest BCUT2D eigenvalue weighted by atomic mass is 16.8. The minimum absolute atomic E-state index is 0.170. The van der Waals surface area contributed by atoms with Gasteiger partial charge in [0, 0.05) is 0 Å². The van der Waals surface area contributed by atoms with E-state index in [1.54, 1.807) is 0 Å². The minimum Gasteiger partial charge on any atom is -0.348 e. The number of hydrogen-bond donors (Lipinski definition) is 1. The van der Waals surface area contributed by atoms with Crippen molar-refractivity contribution >= 4 is 0 Å². The van der Waals surface area contributed by atoms with Crippen molar-refractivity contribution in [1.82, 2.24) is 0 Å². The van der Waals surface area contributed by atoms with Crippen LogP contribution in [0.25, 0.3) is 0 Å². The molecule has 0 saturated carbocycles. The molecule has 6 nitrogen and oxygen atoms in total. The van der Waals surface area contributed by atoms with Crippen LogP contribution in [0.4, 0.5) is 0 Å². The maximum absolute atomic E-state index is 6.19. The normalized spacial score (nSPS) is 49.5. The van der Waals surface area contributed by atoms with Gasteiger partial charge in [-0.3, -0.25) is 0 Å². The molecule has 0 spiro atoms. The van der Waals surface area contributed by atoms with Crippen LogP contribution in [0.2, 0.25) is 0 Å². The van der Waals surface area contributed by atoms with Crippen molar-refractivity contribution in [3.05, 3.63) is 0 Å². The summed E-state index contributed by atoms with van der Waals surface area (Å²) in [6, 6.07) is -0.265. The van der Waals surface area contributed by atoms with E-state index in [0.29, 0.717) is 6.61 Å². The smallest absolute Gasteiger partial charge is 0.189 e. The minimum atomic E-state index is -0.635. The van der Waals surface area contributed by atoms with Crippen LogP contribution < -0.4 is 5.73 Å². The topological polar surface area (TPSA) is 72.2 Å². The Labute approximate surface area is 107 Å². The quantitative estimate of drug-likeness (QED) is 0.732. The lowest BCUT2D eigenvalue weighted by Gasteiger charge is -2.26. The van der Waals surface area contributed by atoms with E-state index in [1.165, 1.54) is 0 Å². The molecule has 0 aromatic rings. The molecule has 2 N–H and O–H groups in total. The van der Waals surface area contributed by atoms with E-state index in [9.17, 15) is 0 Å². The van der Waals surface area contributed by atoms with Crippen LogP contribution >= 0.6 is 0 Å². The fourth-order valence-electron chi connectivity index (χ4n) is 2.77. The molecule has 3 fully saturated rings. The third-order valence-corrected chi connectivity index (χ3v) is 3.53. The molecule has 3 saturated heterocycles. The van der Waals surface area contributed by atoms with Gasteiger partial charge >= 0.3 is 0 Å². The maximum Gasteiger partial charge on any atom is 0.189 e. The third kappa shape index (κ3) is 2.07. The van der Waals surface area contributed by atoms with Gasteiger partial charge in [0.2, 0.25) is 0 Å². The molecule has 0 amide bonds. The van der Waals surface area contributed by atoms with Gasteiger partial charge in [-0.2, -0.15) is 0 Å². The second-order valence-electron chi connectivity index (χ2n) is 6.01. The number of nitrogens with two attached hydrogens (primary N) is 1. The van der Waals surface area contributed by atoms with E-state index in [0.717, 1.165) is 0 Å². The summed E-state index contributed by atoms with van der Waals surface area (Å²) in [7, 11) is 0. The van der Waals surface area contributed by atoms with Gasteiger partial charge in [0.1, 0.15) is 18.3 Å². The van der Waals surface area contributed by atoms with Crippen molar-refractivity contribution < 1.29 is 23.7 Å². The number of hydrogen-bond acceptors (Lipinski definition) is 6. The first kappa shape index (κ1) is 12.8. The standard InChI is InChI=1S/C12H21NO5/c1-11(2)14-5-6(16-11)8-7(13)9-10(15-8)18-12(3,4)17-9/h6-10H,5,13H2,1-4H3/t6?,7?,8-,9+,10+/m0/s1. The zero-order valence-electron chi connectivity index (χ0n) is 11.2. The summed E-state index contributed by atoms with van der Waals surface area (Å²) in [5.41, 5.74) is 6.19. The third-order valence-electron chi connectivity index (χ3n) is 3.53. The van der Waals surface area contributed by atoms with E-state index in [2.05, 4.69) is 0 Å². The van der Waals surface area contributed by atoms with Gasteiger partial charge in [-0.05, 0) is 27.7 Å². The van der Waals surface area contributed by atoms with Crippen LogP contribution in [-0.4, -0.2) is 48.8 Å². The largest absolute Gasteiger partial charge is 0.348 e. The molecule has 3 aliphatic rings. The summed E-state index contributed by atoms with van der Waals surface area (Å²) in [6.07, 6.45) is -1.07. The second kappa shape index (κ2) is 3.88. The molecule has 5 atom stereocenters. The zero-order valence-corrected chi connectivity index (χ0v) is 11.2. The molecule has 0 aliphatic carbocycles. The van der Waals surface area contributed by atoms with E-state index in [1.807, 2.05) is 27.7 Å². The van der Waals surface area contributed by atoms with Crippen molar-refractivity contribution in [2.45, 2.75) is 69.9 Å². The van der Waals surface area contributed by atoms with Crippen molar-refractivity contribution in [3.8, 4) is 0 Å². The molecule has 0 aromatic heterocycles. The molecule has 0 aromatic carbocycles. The first-order valence-electron chi connectivity index (χ1n) is 6.36. The summed E-state index contributed by atoms with van der Waals surface area (Å²) < 4.78 is 28.6. The monoisotopic (exact) mass is 259 g/mol. The Balaban J connectivity index is 1.68. The highest BCUT2D eigenvalue weighted by molar-refractivity contribution is 4.99. The van der Waals surface area contributed by atoms with Crippen LogP contribution in [-0.2, 0) is 23.7 Å². The number of fused-ring (bicyclic) bond motifs is 1. The lowest BCUT2D eigenvalue weighted by molar-refractivity contribution is -0.222. The average molecular weight is 259 g/mol. The Kier molecular flexibility index (Phi) is 2.75. The molecule has 0 radical (unpaired) electrons. The van der Waals surface area contributed by atoms with Crippen LogP contribution in [0.5, 0.6) is 0 Å². The number of rotatable bonds is 1. The molecule has 6 heteroatoms. The van der Waals surface area contributed by atoms with Crippen LogP contribution in [0.15, 0.2) is 0 Å². The molecule has 18 heavy (non-hydrogen) atoms. The highest BCUT2D eigenvalue weighted by Gasteiger charge is 2.56. The summed E-state index contributed by atoms with van der Waals surface area (Å²) in [6.45, 7) is 7.95. The Morgan fingerprint density at radius 3 is 2.22 bits per heavy atom. The fraction of sp³-hybridized carbons (Fsp3) is 1.00. The first-order chi connectivity index (χ1) is 8.27. The molecule has 3 rings (SSSR count). The van der Waals surface area contributed by atoms with Gasteiger partial charge in [-0.25, -0.2) is 0 Å². The molecule has 104 valence electrons. The van der Waals surface area contributed by atoms with Crippen molar-refractivity contribution in [1.29, 1.82) is 0 Å². The van der Waals surface area contributed by atoms with Crippen molar-refractivity contribution in [3.63, 3.8) is 0 Å². The summed E-state index contributed by atoms with van der Waals surface area (Å²) in [5, 5.41) is 0. The van der Waals surface area contributed by atoms with Crippen molar-refractivity contribution in [2.75, 3.05) is 6.61 Å². The molecule has 2 unspecified atom stereocenters. The van der Waals surface area contributed by atoms with Gasteiger partial charge in [0.25, 0.3) is 0 Å². The van der Waals surface area contributed by atoms with Gasteiger partial charge in [0.15, 0.2) is 17.9 Å². The Hall–Kier alpha value is -0.240. The van der Waals surface area contributed by atoms with Crippen LogP contribution in [0.3, 0.4) is 0 Å². The Morgan fingerprint density at radius 2 is 1.67 bits per heavy atom. The van der Waals surface area contributed by atoms with Crippen molar-refractivity contribution in [2.24, 2.45) is 5.73 Å². The number of ether oxygens (including phenoxy) is 5. The highest BCUT2D eigenvalue weighted by Crippen LogP contribution is 2.39. The lowest BCUT2D eigenvalue weighted by Crippen LogP contribution is -2.47. The lowest BCUT2D eigenvalue weighted by atomic mass is 10.0. The van der Waals surface area contributed by atoms with E-state index < -0.39 is 17.9 Å². The molecule has 3 heterocycles. The SMILES string of the molecule is CC1(C)OCC([C@@H]2O[C@@H]3OC(C)(C)O[C@@H]3C2N)O1. The van der Waals surface area contributed by atoms with Gasteiger partial charge in [-0.1, -0.05) is 0 Å². The summed E-state index contributed by atoms with van der Waals surface area (Å²) in [5.74, 6) is -1.21. The molecule has 3 aliphatic heterocycles. The first-order valence-corrected chi connectivity index (χ1v) is 6.36. The van der Waals surface area contributed by atoms with E-state index in [-0.39, 0.29) is 24.4 Å². The summed E-state index contributed by atoms with van der Waals surface area (Å²) >= 11 is 0. The Morgan fingerprint density at radius 1 is 0.944 bits per heavy atom. The van der Waals surface area contributed by atoms with Gasteiger partial charge in [-0.15, -0.1) is 0 Å². The fourth-order valence-corrected chi connectivity index (χ4v) is 2.77. The van der Waals surface area contributed by atoms with Gasteiger partial charge < -0.3 is 29.4 Å². The van der Waals surface area contributed by atoms with Crippen LogP contribution in [0, 0.1) is 0 Å². The Bertz CT molecular complexity index is 345. The molecular weight excluding hydrogens is 238 g/mol. The second-order valence-corrected chi connectivity index (χ2v) is 6.01. The van der Waals surface area contributed by atoms with E-state index in [4.69, 9.17) is 29.4 Å².